The maximum Gasteiger partial charge on any atom is 0.319 e. The number of hydrogen-bond acceptors (Lipinski definition) is 1. The normalized spacial score (nSPS) is 10.2. The molecule has 0 aliphatic rings. The Morgan fingerprint density at radius 3 is 2.67 bits per heavy atom. The molecule has 0 fully saturated rings. The average molecular weight is 231 g/mol. The maximum absolute atomic E-state index is 13.0. The van der Waals surface area contributed by atoms with Gasteiger partial charge in [0.25, 0.3) is 0 Å². The Balaban J connectivity index is 2.65. The minimum Gasteiger partial charge on any atom is -0.336 e. The Labute approximate surface area is 92.6 Å². The first-order valence-electron chi connectivity index (χ1n) is 4.51. The summed E-state index contributed by atoms with van der Waals surface area (Å²) < 4.78 is 13.0. The number of halogens is 2. The number of rotatable bonds is 2. The van der Waals surface area contributed by atoms with Crippen molar-refractivity contribution in [2.24, 2.45) is 0 Å². The van der Waals surface area contributed by atoms with Gasteiger partial charge >= 0.3 is 6.03 Å². The van der Waals surface area contributed by atoms with Gasteiger partial charge in [-0.3, -0.25) is 0 Å². The molecule has 1 aromatic carbocycles. The molecule has 5 heteroatoms. The summed E-state index contributed by atoms with van der Waals surface area (Å²) in [7, 11) is 0. The lowest BCUT2D eigenvalue weighted by Gasteiger charge is -2.10. The predicted molar refractivity (Wildman–Crippen MR) is 58.7 cm³/mol. The molecule has 0 spiro atoms. The third-order valence-electron chi connectivity index (χ3n) is 1.60. The highest BCUT2D eigenvalue weighted by Crippen LogP contribution is 2.18. The SMILES string of the molecule is CC(C)NC(=O)Nc1ccc(Cl)c(F)c1. The Morgan fingerprint density at radius 2 is 2.13 bits per heavy atom. The van der Waals surface area contributed by atoms with Crippen LogP contribution in [0.2, 0.25) is 5.02 Å². The topological polar surface area (TPSA) is 41.1 Å². The van der Waals surface area contributed by atoms with E-state index in [-0.39, 0.29) is 17.1 Å². The van der Waals surface area contributed by atoms with E-state index in [2.05, 4.69) is 10.6 Å². The van der Waals surface area contributed by atoms with Crippen LogP contribution in [-0.4, -0.2) is 12.1 Å². The molecule has 0 heterocycles. The van der Waals surface area contributed by atoms with Crippen LogP contribution in [0.4, 0.5) is 14.9 Å². The Morgan fingerprint density at radius 1 is 1.47 bits per heavy atom. The van der Waals surface area contributed by atoms with Crippen LogP contribution in [0.1, 0.15) is 13.8 Å². The number of urea groups is 1. The van der Waals surface area contributed by atoms with Crippen LogP contribution in [0.15, 0.2) is 18.2 Å². The molecule has 82 valence electrons. The highest BCUT2D eigenvalue weighted by Gasteiger charge is 2.05. The lowest BCUT2D eigenvalue weighted by molar-refractivity contribution is 0.250. The molecule has 3 nitrogen and oxygen atoms in total. The molecule has 0 atom stereocenters. The first-order chi connectivity index (χ1) is 6.99. The molecule has 0 saturated heterocycles. The van der Waals surface area contributed by atoms with Gasteiger partial charge in [0.1, 0.15) is 5.82 Å². The van der Waals surface area contributed by atoms with E-state index >= 15 is 0 Å². The van der Waals surface area contributed by atoms with Crippen LogP contribution in [-0.2, 0) is 0 Å². The van der Waals surface area contributed by atoms with Crippen molar-refractivity contribution < 1.29 is 9.18 Å². The molecule has 1 aromatic rings. The quantitative estimate of drug-likeness (QED) is 0.806. The number of carbonyl (C=O) groups excluding carboxylic acids is 1. The fraction of sp³-hybridized carbons (Fsp3) is 0.300. The van der Waals surface area contributed by atoms with Gasteiger partial charge in [0.15, 0.2) is 0 Å². The summed E-state index contributed by atoms with van der Waals surface area (Å²) in [4.78, 5) is 11.2. The molecule has 0 radical (unpaired) electrons. The largest absolute Gasteiger partial charge is 0.336 e. The average Bonchev–Trinajstić information content (AvgIpc) is 2.10. The van der Waals surface area contributed by atoms with Crippen LogP contribution in [0, 0.1) is 5.82 Å². The lowest BCUT2D eigenvalue weighted by atomic mass is 10.3. The van der Waals surface area contributed by atoms with Crippen LogP contribution in [0.3, 0.4) is 0 Å². The number of hydrogen-bond donors (Lipinski definition) is 2. The monoisotopic (exact) mass is 230 g/mol. The van der Waals surface area contributed by atoms with Crippen LogP contribution >= 0.6 is 11.6 Å². The zero-order valence-electron chi connectivity index (χ0n) is 8.47. The molecule has 0 aliphatic carbocycles. The zero-order chi connectivity index (χ0) is 11.4. The van der Waals surface area contributed by atoms with Crippen molar-refractivity contribution in [2.75, 3.05) is 5.32 Å². The van der Waals surface area contributed by atoms with Crippen molar-refractivity contribution in [1.82, 2.24) is 5.32 Å². The van der Waals surface area contributed by atoms with Crippen molar-refractivity contribution in [3.63, 3.8) is 0 Å². The van der Waals surface area contributed by atoms with E-state index in [1.54, 1.807) is 0 Å². The molecule has 0 aliphatic heterocycles. The van der Waals surface area contributed by atoms with E-state index in [0.29, 0.717) is 5.69 Å². The summed E-state index contributed by atoms with van der Waals surface area (Å²) in [5.41, 5.74) is 0.370. The number of carbonyl (C=O) groups is 1. The molecule has 2 amide bonds. The van der Waals surface area contributed by atoms with E-state index in [9.17, 15) is 9.18 Å². The van der Waals surface area contributed by atoms with Crippen molar-refractivity contribution >= 4 is 23.3 Å². The van der Waals surface area contributed by atoms with Gasteiger partial charge in [-0.2, -0.15) is 0 Å². The van der Waals surface area contributed by atoms with Gasteiger partial charge in [0.2, 0.25) is 0 Å². The second-order valence-corrected chi connectivity index (χ2v) is 3.79. The van der Waals surface area contributed by atoms with E-state index in [1.165, 1.54) is 18.2 Å². The molecular formula is C10H12ClFN2O. The van der Waals surface area contributed by atoms with E-state index in [0.717, 1.165) is 0 Å². The molecule has 0 bridgehead atoms. The highest BCUT2D eigenvalue weighted by molar-refractivity contribution is 6.30. The Kier molecular flexibility index (Phi) is 3.91. The van der Waals surface area contributed by atoms with Crippen LogP contribution < -0.4 is 10.6 Å². The molecule has 1 rings (SSSR count). The minimum absolute atomic E-state index is 0.0298. The van der Waals surface area contributed by atoms with E-state index in [4.69, 9.17) is 11.6 Å². The van der Waals surface area contributed by atoms with E-state index in [1.807, 2.05) is 13.8 Å². The molecule has 0 aromatic heterocycles. The summed E-state index contributed by atoms with van der Waals surface area (Å²) >= 11 is 5.50. The minimum atomic E-state index is -0.556. The number of nitrogens with one attached hydrogen (secondary N) is 2. The molecule has 2 N–H and O–H groups in total. The van der Waals surface area contributed by atoms with Crippen LogP contribution in [0.5, 0.6) is 0 Å². The van der Waals surface area contributed by atoms with Crippen molar-refractivity contribution in [2.45, 2.75) is 19.9 Å². The van der Waals surface area contributed by atoms with Gasteiger partial charge in [0, 0.05) is 11.7 Å². The van der Waals surface area contributed by atoms with Gasteiger partial charge in [-0.05, 0) is 32.0 Å². The first-order valence-corrected chi connectivity index (χ1v) is 4.89. The van der Waals surface area contributed by atoms with Gasteiger partial charge < -0.3 is 10.6 Å². The number of amides is 2. The van der Waals surface area contributed by atoms with Crippen molar-refractivity contribution in [1.29, 1.82) is 0 Å². The predicted octanol–water partition coefficient (Wildman–Crippen LogP) is 3.01. The summed E-state index contributed by atoms with van der Waals surface area (Å²) in [6, 6.07) is 3.75. The van der Waals surface area contributed by atoms with Crippen LogP contribution in [0.25, 0.3) is 0 Å². The smallest absolute Gasteiger partial charge is 0.319 e. The Bertz CT molecular complexity index is 368. The van der Waals surface area contributed by atoms with Crippen molar-refractivity contribution in [3.05, 3.63) is 29.0 Å². The second kappa shape index (κ2) is 4.98. The lowest BCUT2D eigenvalue weighted by Crippen LogP contribution is -2.34. The van der Waals surface area contributed by atoms with Gasteiger partial charge in [-0.1, -0.05) is 11.6 Å². The second-order valence-electron chi connectivity index (χ2n) is 3.38. The maximum atomic E-state index is 13.0. The van der Waals surface area contributed by atoms with Gasteiger partial charge in [-0.15, -0.1) is 0 Å². The van der Waals surface area contributed by atoms with E-state index < -0.39 is 5.82 Å². The van der Waals surface area contributed by atoms with Crippen molar-refractivity contribution in [3.8, 4) is 0 Å². The third-order valence-corrected chi connectivity index (χ3v) is 1.90. The number of benzene rings is 1. The molecular weight excluding hydrogens is 219 g/mol. The highest BCUT2D eigenvalue weighted by atomic mass is 35.5. The van der Waals surface area contributed by atoms with Gasteiger partial charge in [0.05, 0.1) is 5.02 Å². The fourth-order valence-electron chi connectivity index (χ4n) is 1.00. The zero-order valence-corrected chi connectivity index (χ0v) is 9.23. The summed E-state index contributed by atoms with van der Waals surface area (Å²) in [5.74, 6) is -0.556. The number of anilines is 1. The molecule has 0 saturated carbocycles. The molecule has 0 unspecified atom stereocenters. The third kappa shape index (κ3) is 3.75. The fourth-order valence-corrected chi connectivity index (χ4v) is 1.12. The molecule has 15 heavy (non-hydrogen) atoms. The van der Waals surface area contributed by atoms with Gasteiger partial charge in [-0.25, -0.2) is 9.18 Å². The summed E-state index contributed by atoms with van der Waals surface area (Å²) in [5, 5.41) is 5.14. The summed E-state index contributed by atoms with van der Waals surface area (Å²) in [6.45, 7) is 3.67. The Hall–Kier alpha value is -1.29. The standard InChI is InChI=1S/C10H12ClFN2O/c1-6(2)13-10(15)14-7-3-4-8(11)9(12)5-7/h3-6H,1-2H3,(H2,13,14,15). The summed E-state index contributed by atoms with van der Waals surface area (Å²) in [6.07, 6.45) is 0. The first kappa shape index (κ1) is 11.8.